The lowest BCUT2D eigenvalue weighted by atomic mass is 9.69. The third-order valence-corrected chi connectivity index (χ3v) is 15.2. The molecule has 0 radical (unpaired) electrons. The molecular weight excluding hydrogens is 585 g/mol. The number of aromatic nitrogens is 2. The van der Waals surface area contributed by atoms with Crippen LogP contribution in [0.5, 0.6) is 0 Å². The summed E-state index contributed by atoms with van der Waals surface area (Å²) in [5, 5.41) is 0.0225. The quantitative estimate of drug-likeness (QED) is 0.315. The van der Waals surface area contributed by atoms with Gasteiger partial charge in [-0.25, -0.2) is 0 Å². The Morgan fingerprint density at radius 3 is 2.20 bits per heavy atom. The van der Waals surface area contributed by atoms with E-state index in [2.05, 4.69) is 52.7 Å². The number of fused-ring (bicyclic) bond motifs is 4. The molecular formula is C34H47F3N2O4Si. The summed E-state index contributed by atoms with van der Waals surface area (Å²) in [7, 11) is -2.19. The molecule has 242 valence electrons. The molecule has 1 spiro atoms. The fourth-order valence-electron chi connectivity index (χ4n) is 7.34. The Bertz CT molecular complexity index is 1370. The van der Waals surface area contributed by atoms with Gasteiger partial charge in [0.2, 0.25) is 0 Å². The minimum absolute atomic E-state index is 0.00668. The van der Waals surface area contributed by atoms with E-state index in [1.165, 1.54) is 12.3 Å². The normalized spacial score (nSPS) is 25.6. The van der Waals surface area contributed by atoms with Gasteiger partial charge in [0.25, 0.3) is 0 Å². The van der Waals surface area contributed by atoms with Gasteiger partial charge in [0.1, 0.15) is 11.8 Å². The Hall–Kier alpha value is -1.85. The van der Waals surface area contributed by atoms with Gasteiger partial charge >= 0.3 is 6.18 Å². The van der Waals surface area contributed by atoms with Crippen molar-refractivity contribution in [3.63, 3.8) is 0 Å². The summed E-state index contributed by atoms with van der Waals surface area (Å²) in [6.07, 6.45) is 0.857. The first kappa shape index (κ1) is 32.1. The Morgan fingerprint density at radius 1 is 0.955 bits per heavy atom. The van der Waals surface area contributed by atoms with Gasteiger partial charge in [-0.15, -0.1) is 0 Å². The zero-order chi connectivity index (χ0) is 31.7. The highest BCUT2D eigenvalue weighted by atomic mass is 28.4. The lowest BCUT2D eigenvalue weighted by molar-refractivity contribution is -0.141. The van der Waals surface area contributed by atoms with Crippen molar-refractivity contribution >= 4 is 8.32 Å². The average Bonchev–Trinajstić information content (AvgIpc) is 3.25. The highest BCUT2D eigenvalue weighted by Crippen LogP contribution is 2.59. The number of hydrogen-bond acceptors (Lipinski definition) is 6. The topological polar surface area (TPSA) is 62.7 Å². The van der Waals surface area contributed by atoms with E-state index in [1.807, 2.05) is 0 Å². The van der Waals surface area contributed by atoms with E-state index in [0.717, 1.165) is 59.8 Å². The molecule has 0 aromatic carbocycles. The van der Waals surface area contributed by atoms with Crippen molar-refractivity contribution in [2.45, 2.75) is 121 Å². The monoisotopic (exact) mass is 632 g/mol. The van der Waals surface area contributed by atoms with Crippen LogP contribution in [0, 0.1) is 5.41 Å². The zero-order valence-electron chi connectivity index (χ0n) is 27.2. The maximum Gasteiger partial charge on any atom is 0.433 e. The van der Waals surface area contributed by atoms with Crippen LogP contribution in [-0.2, 0) is 36.8 Å². The van der Waals surface area contributed by atoms with Crippen LogP contribution in [0.15, 0.2) is 18.3 Å². The van der Waals surface area contributed by atoms with Crippen molar-refractivity contribution in [3.05, 3.63) is 57.7 Å². The molecule has 2 aromatic heterocycles. The van der Waals surface area contributed by atoms with E-state index in [0.29, 0.717) is 44.8 Å². The van der Waals surface area contributed by atoms with Crippen LogP contribution in [0.2, 0.25) is 18.1 Å². The summed E-state index contributed by atoms with van der Waals surface area (Å²) in [5.41, 5.74) is 4.51. The molecule has 2 fully saturated rings. The highest BCUT2D eigenvalue weighted by molar-refractivity contribution is 6.74. The minimum atomic E-state index is -4.51. The molecule has 6 nitrogen and oxygen atoms in total. The van der Waals surface area contributed by atoms with Gasteiger partial charge in [-0.1, -0.05) is 40.7 Å². The smallest absolute Gasteiger partial charge is 0.410 e. The standard InChI is InChI=1S/C34H47F3N2O4Si/c1-31(2,3)44(6,7)43-24-19-32(4,5)18-23-26(24)28-27(29(39-23)21-10-14-40-15-11-21)30(42-33(28)12-16-41-17-13-33)22-8-9-25(38-20-22)34(35,36)37/h8-9,20-21,24,30H,10-19H2,1-7H3/t24-,30+/m0/s1. The number of hydrogen-bond donors (Lipinski definition) is 0. The van der Waals surface area contributed by atoms with Gasteiger partial charge in [0.05, 0.1) is 17.4 Å². The zero-order valence-corrected chi connectivity index (χ0v) is 28.2. The molecule has 3 aliphatic heterocycles. The molecule has 5 heterocycles. The van der Waals surface area contributed by atoms with Crippen molar-refractivity contribution in [1.29, 1.82) is 0 Å². The van der Waals surface area contributed by atoms with Crippen LogP contribution in [0.25, 0.3) is 0 Å². The number of rotatable bonds is 4. The number of pyridine rings is 2. The fourth-order valence-corrected chi connectivity index (χ4v) is 8.61. The molecule has 0 N–H and O–H groups in total. The molecule has 10 heteroatoms. The van der Waals surface area contributed by atoms with Crippen molar-refractivity contribution in [3.8, 4) is 0 Å². The van der Waals surface area contributed by atoms with E-state index < -0.39 is 31.9 Å². The number of halogens is 3. The van der Waals surface area contributed by atoms with Gasteiger partial charge in [-0.05, 0) is 60.9 Å². The third kappa shape index (κ3) is 5.78. The Kier molecular flexibility index (Phi) is 8.13. The van der Waals surface area contributed by atoms with Gasteiger partial charge in [0.15, 0.2) is 8.32 Å². The first-order valence-electron chi connectivity index (χ1n) is 16.1. The molecule has 2 aromatic rings. The maximum atomic E-state index is 13.5. The van der Waals surface area contributed by atoms with Crippen LogP contribution >= 0.6 is 0 Å². The Labute approximate surface area is 260 Å². The Balaban J connectivity index is 1.60. The lowest BCUT2D eigenvalue weighted by Crippen LogP contribution is -2.45. The minimum Gasteiger partial charge on any atom is -0.410 e. The molecule has 0 bridgehead atoms. The van der Waals surface area contributed by atoms with Crippen molar-refractivity contribution in [2.24, 2.45) is 5.41 Å². The molecule has 0 saturated carbocycles. The van der Waals surface area contributed by atoms with Crippen LogP contribution in [-0.4, -0.2) is 44.7 Å². The van der Waals surface area contributed by atoms with Crippen LogP contribution in [0.3, 0.4) is 0 Å². The van der Waals surface area contributed by atoms with Crippen molar-refractivity contribution in [2.75, 3.05) is 26.4 Å². The summed E-state index contributed by atoms with van der Waals surface area (Å²) < 4.78 is 66.6. The number of alkyl halides is 3. The average molecular weight is 633 g/mol. The molecule has 44 heavy (non-hydrogen) atoms. The first-order valence-corrected chi connectivity index (χ1v) is 19.0. The van der Waals surface area contributed by atoms with E-state index in [9.17, 15) is 13.2 Å². The molecule has 0 unspecified atom stereocenters. The summed E-state index contributed by atoms with van der Waals surface area (Å²) in [5.74, 6) is 0.177. The van der Waals surface area contributed by atoms with Gasteiger partial charge in [0, 0.05) is 73.8 Å². The maximum absolute atomic E-state index is 13.5. The molecule has 1 aliphatic carbocycles. The van der Waals surface area contributed by atoms with Crippen molar-refractivity contribution in [1.82, 2.24) is 9.97 Å². The number of ether oxygens (including phenoxy) is 3. The molecule has 0 amide bonds. The van der Waals surface area contributed by atoms with E-state index in [1.54, 1.807) is 0 Å². The van der Waals surface area contributed by atoms with Gasteiger partial charge in [-0.2, -0.15) is 13.2 Å². The van der Waals surface area contributed by atoms with Gasteiger partial charge in [-0.3, -0.25) is 9.97 Å². The van der Waals surface area contributed by atoms with E-state index >= 15 is 0 Å². The second-order valence-corrected chi connectivity index (χ2v) is 20.3. The fraction of sp³-hybridized carbons (Fsp3) is 0.706. The summed E-state index contributed by atoms with van der Waals surface area (Å²) >= 11 is 0. The van der Waals surface area contributed by atoms with E-state index in [4.69, 9.17) is 23.6 Å². The summed E-state index contributed by atoms with van der Waals surface area (Å²) in [4.78, 5) is 9.38. The summed E-state index contributed by atoms with van der Waals surface area (Å²) in [6.45, 7) is 18.4. The summed E-state index contributed by atoms with van der Waals surface area (Å²) in [6, 6.07) is 2.60. The van der Waals surface area contributed by atoms with Crippen LogP contribution < -0.4 is 0 Å². The van der Waals surface area contributed by atoms with E-state index in [-0.39, 0.29) is 22.5 Å². The lowest BCUT2D eigenvalue weighted by Gasteiger charge is -2.46. The van der Waals surface area contributed by atoms with Crippen LogP contribution in [0.1, 0.15) is 124 Å². The third-order valence-electron chi connectivity index (χ3n) is 10.7. The second-order valence-electron chi connectivity index (χ2n) is 15.5. The van der Waals surface area contributed by atoms with Gasteiger partial charge < -0.3 is 18.6 Å². The molecule has 2 atom stereocenters. The predicted molar refractivity (Wildman–Crippen MR) is 164 cm³/mol. The largest absolute Gasteiger partial charge is 0.433 e. The highest BCUT2D eigenvalue weighted by Gasteiger charge is 2.54. The Morgan fingerprint density at radius 2 is 1.61 bits per heavy atom. The first-order chi connectivity index (χ1) is 20.5. The molecule has 4 aliphatic rings. The molecule has 6 rings (SSSR count). The van der Waals surface area contributed by atoms with Crippen LogP contribution in [0.4, 0.5) is 13.2 Å². The molecule has 2 saturated heterocycles. The predicted octanol–water partition coefficient (Wildman–Crippen LogP) is 8.55. The SMILES string of the molecule is CC1(C)Cc2nc(C3CCOCC3)c3c(c2[C@@H](O[Si](C)(C)C(C)(C)C)C1)C1(CCOCC1)O[C@@H]3c1ccc(C(F)(F)F)nc1. The van der Waals surface area contributed by atoms with Crippen molar-refractivity contribution < 1.29 is 31.8 Å². The second kappa shape index (κ2) is 11.1. The number of nitrogens with zero attached hydrogens (tertiary/aromatic N) is 2.